The van der Waals surface area contributed by atoms with Gasteiger partial charge >= 0.3 is 0 Å². The molecule has 0 amide bonds. The van der Waals surface area contributed by atoms with Crippen molar-refractivity contribution in [2.24, 2.45) is 0 Å². The van der Waals surface area contributed by atoms with Crippen LogP contribution in [-0.4, -0.2) is 11.3 Å². The maximum atomic E-state index is 12.2. The summed E-state index contributed by atoms with van der Waals surface area (Å²) in [7, 11) is 0. The minimum atomic E-state index is -2.63. The summed E-state index contributed by atoms with van der Waals surface area (Å²) in [6.07, 6.45) is -2.06. The van der Waals surface area contributed by atoms with Gasteiger partial charge in [-0.15, -0.1) is 0 Å². The molecule has 2 nitrogen and oxygen atoms in total. The number of aldehydes is 1. The molecule has 0 radical (unpaired) electrons. The van der Waals surface area contributed by atoms with E-state index in [-0.39, 0.29) is 11.3 Å². The number of hydrogen-bond acceptors (Lipinski definition) is 2. The summed E-state index contributed by atoms with van der Waals surface area (Å²) >= 11 is 0. The van der Waals surface area contributed by atoms with E-state index in [1.165, 1.54) is 0 Å². The van der Waals surface area contributed by atoms with E-state index < -0.39 is 6.43 Å². The van der Waals surface area contributed by atoms with Crippen LogP contribution in [0.15, 0.2) is 6.07 Å². The summed E-state index contributed by atoms with van der Waals surface area (Å²) in [6.45, 7) is 3.29. The van der Waals surface area contributed by atoms with Crippen LogP contribution in [0.2, 0.25) is 0 Å². The second kappa shape index (κ2) is 3.60. The minimum absolute atomic E-state index is 0.280. The van der Waals surface area contributed by atoms with Crippen LogP contribution < -0.4 is 0 Å². The van der Waals surface area contributed by atoms with Crippen LogP contribution in [0.4, 0.5) is 8.78 Å². The molecule has 0 aromatic carbocycles. The third kappa shape index (κ3) is 1.88. The van der Waals surface area contributed by atoms with E-state index in [2.05, 4.69) is 4.98 Å². The largest absolute Gasteiger partial charge is 0.298 e. The summed E-state index contributed by atoms with van der Waals surface area (Å²) in [5.41, 5.74) is 1.06. The number of halogens is 2. The Labute approximate surface area is 74.6 Å². The van der Waals surface area contributed by atoms with Crippen molar-refractivity contribution < 1.29 is 13.6 Å². The molecule has 0 atom stereocenters. The fourth-order valence-corrected chi connectivity index (χ4v) is 1.02. The maximum Gasteiger partial charge on any atom is 0.280 e. The molecule has 0 saturated heterocycles. The Bertz CT molecular complexity index is 337. The van der Waals surface area contributed by atoms with Crippen LogP contribution in [0.1, 0.15) is 33.7 Å². The van der Waals surface area contributed by atoms with E-state index >= 15 is 0 Å². The smallest absolute Gasteiger partial charge is 0.280 e. The van der Waals surface area contributed by atoms with Crippen molar-refractivity contribution >= 4 is 6.29 Å². The summed E-state index contributed by atoms with van der Waals surface area (Å²) in [5.74, 6) is 0. The van der Waals surface area contributed by atoms with Gasteiger partial charge in [0.25, 0.3) is 6.43 Å². The molecule has 0 fully saturated rings. The molecular formula is C9H9F2NO. The zero-order chi connectivity index (χ0) is 10.0. The van der Waals surface area contributed by atoms with Gasteiger partial charge < -0.3 is 0 Å². The molecule has 0 aliphatic heterocycles. The Morgan fingerprint density at radius 2 is 2.08 bits per heavy atom. The number of rotatable bonds is 2. The van der Waals surface area contributed by atoms with Gasteiger partial charge in [0.15, 0.2) is 0 Å². The molecule has 4 heteroatoms. The maximum absolute atomic E-state index is 12.2. The Morgan fingerprint density at radius 3 is 2.54 bits per heavy atom. The van der Waals surface area contributed by atoms with Crippen LogP contribution in [-0.2, 0) is 0 Å². The van der Waals surface area contributed by atoms with Gasteiger partial charge in [0.05, 0.1) is 0 Å². The van der Waals surface area contributed by atoms with Crippen molar-refractivity contribution in [3.05, 3.63) is 28.6 Å². The van der Waals surface area contributed by atoms with Crippen LogP contribution in [0.25, 0.3) is 0 Å². The second-order valence-corrected chi connectivity index (χ2v) is 2.77. The molecule has 1 heterocycles. The lowest BCUT2D eigenvalue weighted by atomic mass is 10.1. The van der Waals surface area contributed by atoms with E-state index in [0.29, 0.717) is 17.5 Å². The molecule has 1 aromatic heterocycles. The number of aromatic nitrogens is 1. The zero-order valence-electron chi connectivity index (χ0n) is 7.34. The number of nitrogens with zero attached hydrogens (tertiary/aromatic N) is 1. The summed E-state index contributed by atoms with van der Waals surface area (Å²) in [4.78, 5) is 14.2. The van der Waals surface area contributed by atoms with E-state index in [4.69, 9.17) is 0 Å². The zero-order valence-corrected chi connectivity index (χ0v) is 7.34. The highest BCUT2D eigenvalue weighted by Gasteiger charge is 2.12. The van der Waals surface area contributed by atoms with Crippen molar-refractivity contribution in [3.63, 3.8) is 0 Å². The highest BCUT2D eigenvalue weighted by atomic mass is 19.3. The first-order valence-electron chi connectivity index (χ1n) is 3.77. The van der Waals surface area contributed by atoms with Gasteiger partial charge in [-0.3, -0.25) is 9.78 Å². The molecule has 13 heavy (non-hydrogen) atoms. The molecule has 0 spiro atoms. The van der Waals surface area contributed by atoms with Crippen molar-refractivity contribution in [1.29, 1.82) is 0 Å². The first-order chi connectivity index (χ1) is 6.06. The third-order valence-corrected chi connectivity index (χ3v) is 1.93. The topological polar surface area (TPSA) is 30.0 Å². The lowest BCUT2D eigenvalue weighted by Crippen LogP contribution is -1.99. The average molecular weight is 185 g/mol. The van der Waals surface area contributed by atoms with Crippen LogP contribution in [0.3, 0.4) is 0 Å². The highest BCUT2D eigenvalue weighted by Crippen LogP contribution is 2.20. The van der Waals surface area contributed by atoms with E-state index in [0.717, 1.165) is 6.07 Å². The number of pyridine rings is 1. The normalized spacial score (nSPS) is 10.5. The summed E-state index contributed by atoms with van der Waals surface area (Å²) in [5, 5.41) is 0. The molecule has 0 saturated carbocycles. The summed E-state index contributed by atoms with van der Waals surface area (Å²) in [6, 6.07) is 1.12. The number of carbonyl (C=O) groups is 1. The lowest BCUT2D eigenvalue weighted by Gasteiger charge is -2.05. The molecule has 1 rings (SSSR count). The standard InChI is InChI=1S/C9H9F2NO/c1-5-6(2)12-8(9(10)11)3-7(5)4-13/h3-4,9H,1-2H3. The highest BCUT2D eigenvalue weighted by molar-refractivity contribution is 5.77. The Morgan fingerprint density at radius 1 is 1.46 bits per heavy atom. The first-order valence-corrected chi connectivity index (χ1v) is 3.77. The Hall–Kier alpha value is -1.32. The average Bonchev–Trinajstić information content (AvgIpc) is 2.09. The van der Waals surface area contributed by atoms with Crippen molar-refractivity contribution in [2.45, 2.75) is 20.3 Å². The van der Waals surface area contributed by atoms with Gasteiger partial charge in [-0.25, -0.2) is 8.78 Å². The second-order valence-electron chi connectivity index (χ2n) is 2.77. The predicted molar refractivity (Wildman–Crippen MR) is 44.1 cm³/mol. The van der Waals surface area contributed by atoms with Gasteiger partial charge in [-0.2, -0.15) is 0 Å². The van der Waals surface area contributed by atoms with Crippen LogP contribution in [0, 0.1) is 13.8 Å². The van der Waals surface area contributed by atoms with Gasteiger partial charge in [0, 0.05) is 11.3 Å². The van der Waals surface area contributed by atoms with Crippen molar-refractivity contribution in [1.82, 2.24) is 4.98 Å². The number of alkyl halides is 2. The molecular weight excluding hydrogens is 176 g/mol. The van der Waals surface area contributed by atoms with E-state index in [9.17, 15) is 13.6 Å². The van der Waals surface area contributed by atoms with Gasteiger partial charge in [0.1, 0.15) is 12.0 Å². The summed E-state index contributed by atoms with van der Waals surface area (Å²) < 4.78 is 24.4. The van der Waals surface area contributed by atoms with Crippen molar-refractivity contribution in [2.75, 3.05) is 0 Å². The Balaban J connectivity index is 3.30. The fraction of sp³-hybridized carbons (Fsp3) is 0.333. The van der Waals surface area contributed by atoms with Crippen LogP contribution >= 0.6 is 0 Å². The monoisotopic (exact) mass is 185 g/mol. The van der Waals surface area contributed by atoms with Gasteiger partial charge in [0.2, 0.25) is 0 Å². The molecule has 0 aliphatic carbocycles. The molecule has 0 N–H and O–H groups in total. The first kappa shape index (κ1) is 9.77. The van der Waals surface area contributed by atoms with Gasteiger partial charge in [-0.1, -0.05) is 0 Å². The number of aryl methyl sites for hydroxylation is 1. The third-order valence-electron chi connectivity index (χ3n) is 1.93. The lowest BCUT2D eigenvalue weighted by molar-refractivity contribution is 0.112. The fourth-order valence-electron chi connectivity index (χ4n) is 1.02. The Kier molecular flexibility index (Phi) is 2.70. The minimum Gasteiger partial charge on any atom is -0.298 e. The molecule has 0 aliphatic rings. The quantitative estimate of drug-likeness (QED) is 0.662. The van der Waals surface area contributed by atoms with Crippen molar-refractivity contribution in [3.8, 4) is 0 Å². The predicted octanol–water partition coefficient (Wildman–Crippen LogP) is 2.45. The number of carbonyl (C=O) groups excluding carboxylic acids is 1. The molecule has 1 aromatic rings. The van der Waals surface area contributed by atoms with E-state index in [1.807, 2.05) is 0 Å². The van der Waals surface area contributed by atoms with Gasteiger partial charge in [-0.05, 0) is 25.5 Å². The molecule has 70 valence electrons. The molecule has 0 bridgehead atoms. The SMILES string of the molecule is Cc1nc(C(F)F)cc(C=O)c1C. The van der Waals surface area contributed by atoms with E-state index in [1.54, 1.807) is 13.8 Å². The number of hydrogen-bond donors (Lipinski definition) is 0. The van der Waals surface area contributed by atoms with Crippen LogP contribution in [0.5, 0.6) is 0 Å². The molecule has 0 unspecified atom stereocenters.